The van der Waals surface area contributed by atoms with E-state index in [0.29, 0.717) is 24.9 Å². The van der Waals surface area contributed by atoms with Crippen LogP contribution in [0.1, 0.15) is 48.8 Å². The highest BCUT2D eigenvalue weighted by Crippen LogP contribution is 2.34. The highest BCUT2D eigenvalue weighted by molar-refractivity contribution is 7.90. The number of nitrogens with zero attached hydrogens (tertiary/aromatic N) is 2. The third-order valence-electron chi connectivity index (χ3n) is 8.53. The fraction of sp³-hybridized carbons (Fsp3) is 0.364. The van der Waals surface area contributed by atoms with Crippen molar-refractivity contribution in [2.24, 2.45) is 11.8 Å². The van der Waals surface area contributed by atoms with Crippen LogP contribution in [0.4, 0.5) is 0 Å². The van der Waals surface area contributed by atoms with Crippen molar-refractivity contribution in [1.82, 2.24) is 8.28 Å². The highest BCUT2D eigenvalue weighted by atomic mass is 32.2. The summed E-state index contributed by atoms with van der Waals surface area (Å²) in [7, 11) is -7.69. The van der Waals surface area contributed by atoms with Gasteiger partial charge in [-0.15, -0.1) is 0 Å². The summed E-state index contributed by atoms with van der Waals surface area (Å²) in [4.78, 5) is 11.8. The van der Waals surface area contributed by atoms with Crippen LogP contribution in [0.25, 0.3) is 10.9 Å². The van der Waals surface area contributed by atoms with E-state index in [1.165, 1.54) is 3.97 Å². The minimum absolute atomic E-state index is 0.0902. The van der Waals surface area contributed by atoms with E-state index in [1.54, 1.807) is 71.2 Å². The zero-order valence-corrected chi connectivity index (χ0v) is 25.8. The molecule has 4 aromatic rings. The van der Waals surface area contributed by atoms with Crippen molar-refractivity contribution in [1.29, 1.82) is 0 Å². The third-order valence-corrected chi connectivity index (χ3v) is 12.1. The number of benzene rings is 3. The third kappa shape index (κ3) is 6.23. The van der Waals surface area contributed by atoms with Crippen LogP contribution in [0.15, 0.2) is 88.8 Å². The molecule has 0 amide bonds. The number of hydrogen-bond donors (Lipinski definition) is 0. The van der Waals surface area contributed by atoms with Gasteiger partial charge in [0.1, 0.15) is 6.29 Å². The Hall–Kier alpha value is -3.27. The van der Waals surface area contributed by atoms with Gasteiger partial charge in [-0.3, -0.25) is 0 Å². The van der Waals surface area contributed by atoms with Crippen molar-refractivity contribution in [3.8, 4) is 0 Å². The lowest BCUT2D eigenvalue weighted by Gasteiger charge is -2.34. The minimum Gasteiger partial charge on any atom is -0.303 e. The first-order valence-corrected chi connectivity index (χ1v) is 17.4. The molecule has 0 N–H and O–H groups in total. The Morgan fingerprint density at radius 1 is 0.810 bits per heavy atom. The van der Waals surface area contributed by atoms with E-state index < -0.39 is 20.0 Å². The number of hydrogen-bond acceptors (Lipinski definition) is 5. The van der Waals surface area contributed by atoms with E-state index in [2.05, 4.69) is 0 Å². The Labute approximate surface area is 249 Å². The molecule has 2 atom stereocenters. The zero-order valence-electron chi connectivity index (χ0n) is 24.1. The summed E-state index contributed by atoms with van der Waals surface area (Å²) in [5, 5.41) is 0.775. The second kappa shape index (κ2) is 12.5. The Kier molecular flexibility index (Phi) is 9.01. The normalized spacial score (nSPS) is 18.0. The molecule has 9 heteroatoms. The predicted octanol–water partition coefficient (Wildman–Crippen LogP) is 6.12. The summed E-state index contributed by atoms with van der Waals surface area (Å²) >= 11 is 0. The Morgan fingerprint density at radius 3 is 2.05 bits per heavy atom. The molecule has 1 aliphatic carbocycles. The quantitative estimate of drug-likeness (QED) is 0.192. The van der Waals surface area contributed by atoms with E-state index in [-0.39, 0.29) is 28.2 Å². The fourth-order valence-corrected chi connectivity index (χ4v) is 8.96. The first kappa shape index (κ1) is 30.2. The molecular formula is C33H38N2O5S2. The van der Waals surface area contributed by atoms with Gasteiger partial charge in [-0.2, -0.15) is 4.31 Å². The first-order valence-electron chi connectivity index (χ1n) is 14.5. The molecule has 0 aliphatic heterocycles. The average molecular weight is 607 g/mol. The molecule has 7 nitrogen and oxygen atoms in total. The predicted molar refractivity (Wildman–Crippen MR) is 165 cm³/mol. The molecule has 0 bridgehead atoms. The van der Waals surface area contributed by atoms with Crippen molar-refractivity contribution in [3.63, 3.8) is 0 Å². The lowest BCUT2D eigenvalue weighted by Crippen LogP contribution is -2.40. The van der Waals surface area contributed by atoms with Crippen LogP contribution in [-0.4, -0.2) is 44.5 Å². The molecule has 0 spiro atoms. The maximum absolute atomic E-state index is 14.0. The number of para-hydroxylation sites is 1. The summed E-state index contributed by atoms with van der Waals surface area (Å²) in [6.45, 7) is 4.35. The topological polar surface area (TPSA) is 93.5 Å². The SMILES string of the molecule is Cc1ccc(S(=O)(=O)N(CCc2cn(S(=O)(=O)c3ccc(C)cc3)c3ccccc23)C[C@@H]2CCCC[C@H]2CC=O)cc1. The Bertz CT molecular complexity index is 1760. The van der Waals surface area contributed by atoms with Crippen molar-refractivity contribution in [2.45, 2.75) is 62.2 Å². The van der Waals surface area contributed by atoms with Gasteiger partial charge in [0.2, 0.25) is 10.0 Å². The van der Waals surface area contributed by atoms with E-state index in [4.69, 9.17) is 0 Å². The summed E-state index contributed by atoms with van der Waals surface area (Å²) in [5.74, 6) is 0.251. The number of rotatable bonds is 11. The summed E-state index contributed by atoms with van der Waals surface area (Å²) in [6, 6.07) is 21.0. The van der Waals surface area contributed by atoms with Gasteiger partial charge in [-0.1, -0.05) is 66.4 Å². The van der Waals surface area contributed by atoms with Crippen molar-refractivity contribution in [3.05, 3.63) is 95.7 Å². The van der Waals surface area contributed by atoms with Crippen LogP contribution in [0.2, 0.25) is 0 Å². The van der Waals surface area contributed by atoms with Crippen LogP contribution in [0, 0.1) is 25.7 Å². The molecule has 42 heavy (non-hydrogen) atoms. The first-order chi connectivity index (χ1) is 20.1. The molecule has 0 unspecified atom stereocenters. The molecule has 1 heterocycles. The summed E-state index contributed by atoms with van der Waals surface area (Å²) < 4.78 is 58.2. The van der Waals surface area contributed by atoms with E-state index in [9.17, 15) is 21.6 Å². The number of fused-ring (bicyclic) bond motifs is 1. The molecule has 222 valence electrons. The van der Waals surface area contributed by atoms with Gasteiger partial charge in [-0.05, 0) is 80.8 Å². The minimum atomic E-state index is -3.86. The number of aldehydes is 1. The molecule has 1 aromatic heterocycles. The van der Waals surface area contributed by atoms with Crippen molar-refractivity contribution in [2.75, 3.05) is 13.1 Å². The highest BCUT2D eigenvalue weighted by Gasteiger charge is 2.32. The van der Waals surface area contributed by atoms with Crippen LogP contribution in [-0.2, 0) is 31.3 Å². The largest absolute Gasteiger partial charge is 0.303 e. The van der Waals surface area contributed by atoms with Gasteiger partial charge >= 0.3 is 0 Å². The lowest BCUT2D eigenvalue weighted by atomic mass is 9.77. The number of sulfonamides is 1. The summed E-state index contributed by atoms with van der Waals surface area (Å²) in [6.07, 6.45) is 7.23. The number of carbonyl (C=O) groups excluding carboxylic acids is 1. The fourth-order valence-electron chi connectivity index (χ4n) is 6.07. The maximum Gasteiger partial charge on any atom is 0.268 e. The van der Waals surface area contributed by atoms with Crippen LogP contribution >= 0.6 is 0 Å². The number of aromatic nitrogens is 1. The van der Waals surface area contributed by atoms with E-state index in [1.807, 2.05) is 26.0 Å². The maximum atomic E-state index is 14.0. The van der Waals surface area contributed by atoms with Crippen LogP contribution < -0.4 is 0 Å². The summed E-state index contributed by atoms with van der Waals surface area (Å²) in [5.41, 5.74) is 3.26. The smallest absolute Gasteiger partial charge is 0.268 e. The number of carbonyl (C=O) groups is 1. The molecule has 1 aliphatic rings. The second-order valence-corrected chi connectivity index (χ2v) is 15.2. The van der Waals surface area contributed by atoms with Gasteiger partial charge in [0.25, 0.3) is 10.0 Å². The lowest BCUT2D eigenvalue weighted by molar-refractivity contribution is -0.109. The van der Waals surface area contributed by atoms with Crippen LogP contribution in [0.3, 0.4) is 0 Å². The van der Waals surface area contributed by atoms with Gasteiger partial charge in [0.15, 0.2) is 0 Å². The molecular weight excluding hydrogens is 569 g/mol. The molecule has 1 saturated carbocycles. The van der Waals surface area contributed by atoms with Crippen molar-refractivity contribution < 1.29 is 21.6 Å². The van der Waals surface area contributed by atoms with Crippen molar-refractivity contribution >= 4 is 37.2 Å². The molecule has 5 rings (SSSR count). The number of aryl methyl sites for hydroxylation is 2. The molecule has 0 saturated heterocycles. The average Bonchev–Trinajstić information content (AvgIpc) is 3.36. The standard InChI is InChI=1S/C33H38N2O5S2/c1-25-11-15-30(16-12-25)41(37,38)34(23-28-8-4-3-7-27(28)20-22-36)21-19-29-24-35(33-10-6-5-9-32(29)33)42(39,40)31-17-13-26(2)14-18-31/h5-6,9-18,22,24,27-28H,3-4,7-8,19-21,23H2,1-2H3/t27-,28-/m0/s1. The second-order valence-electron chi connectivity index (χ2n) is 11.4. The molecule has 0 radical (unpaired) electrons. The van der Waals surface area contributed by atoms with Gasteiger partial charge in [-0.25, -0.2) is 20.8 Å². The monoisotopic (exact) mass is 606 g/mol. The Balaban J connectivity index is 1.50. The molecule has 1 fully saturated rings. The van der Waals surface area contributed by atoms with Gasteiger partial charge in [0.05, 0.1) is 15.3 Å². The molecule has 3 aromatic carbocycles. The zero-order chi connectivity index (χ0) is 29.9. The van der Waals surface area contributed by atoms with Crippen LogP contribution in [0.5, 0.6) is 0 Å². The van der Waals surface area contributed by atoms with E-state index >= 15 is 0 Å². The van der Waals surface area contributed by atoms with Gasteiger partial charge in [0, 0.05) is 31.1 Å². The van der Waals surface area contributed by atoms with E-state index in [0.717, 1.165) is 54.0 Å². The Morgan fingerprint density at radius 2 is 1.40 bits per heavy atom. The van der Waals surface area contributed by atoms with Gasteiger partial charge < -0.3 is 4.79 Å².